The van der Waals surface area contributed by atoms with E-state index < -0.39 is 0 Å². The molecule has 64 valence electrons. The second-order valence-electron chi connectivity index (χ2n) is 3.68. The predicted octanol–water partition coefficient (Wildman–Crippen LogP) is 1.96. The average molecular weight is 163 g/mol. The van der Waals surface area contributed by atoms with E-state index >= 15 is 0 Å². The first kappa shape index (κ1) is 7.59. The van der Waals surface area contributed by atoms with Crippen LogP contribution in [-0.4, -0.2) is 10.9 Å². The highest BCUT2D eigenvalue weighted by atomic mass is 16.1. The molecule has 0 bridgehead atoms. The molecule has 12 heavy (non-hydrogen) atoms. The third-order valence-electron chi connectivity index (χ3n) is 2.69. The smallest absolute Gasteiger partial charge is 0.166 e. The van der Waals surface area contributed by atoms with Gasteiger partial charge in [-0.3, -0.25) is 4.79 Å². The van der Waals surface area contributed by atoms with Gasteiger partial charge in [0.05, 0.1) is 5.69 Å². The second-order valence-corrected chi connectivity index (χ2v) is 3.68. The highest BCUT2D eigenvalue weighted by molar-refractivity contribution is 5.72. The van der Waals surface area contributed by atoms with Crippen LogP contribution in [0.4, 0.5) is 0 Å². The van der Waals surface area contributed by atoms with Crippen LogP contribution in [0, 0.1) is 11.8 Å². The van der Waals surface area contributed by atoms with Crippen molar-refractivity contribution in [3.8, 4) is 0 Å². The highest BCUT2D eigenvalue weighted by Gasteiger charge is 2.32. The van der Waals surface area contributed by atoms with Gasteiger partial charge in [0.1, 0.15) is 0 Å². The number of aromatic nitrogens is 1. The molecule has 0 aromatic carbocycles. The molecule has 2 heteroatoms. The highest BCUT2D eigenvalue weighted by Crippen LogP contribution is 2.39. The van der Waals surface area contributed by atoms with E-state index in [1.54, 1.807) is 0 Å². The van der Waals surface area contributed by atoms with Crippen molar-refractivity contribution in [3.05, 3.63) is 24.0 Å². The summed E-state index contributed by atoms with van der Waals surface area (Å²) in [5, 5.41) is 0. The van der Waals surface area contributed by atoms with Crippen molar-refractivity contribution in [1.29, 1.82) is 0 Å². The maximum atomic E-state index is 10.6. The van der Waals surface area contributed by atoms with Crippen LogP contribution in [0.2, 0.25) is 0 Å². The molecule has 0 radical (unpaired) electrons. The van der Waals surface area contributed by atoms with Gasteiger partial charge in [0.15, 0.2) is 6.29 Å². The summed E-state index contributed by atoms with van der Waals surface area (Å²) in [7, 11) is 0. The van der Waals surface area contributed by atoms with E-state index in [-0.39, 0.29) is 0 Å². The molecule has 1 aliphatic carbocycles. The molecule has 2 nitrogen and oxygen atoms in total. The normalized spacial score (nSPS) is 27.1. The summed E-state index contributed by atoms with van der Waals surface area (Å²) in [6.07, 6.45) is 4.22. The second kappa shape index (κ2) is 2.77. The Morgan fingerprint density at radius 2 is 2.50 bits per heavy atom. The molecule has 0 N–H and O–H groups in total. The lowest BCUT2D eigenvalue weighted by Gasteiger charge is -2.02. The lowest BCUT2D eigenvalue weighted by atomic mass is 10.3. The number of hydrogen-bond donors (Lipinski definition) is 0. The molecule has 0 amide bonds. The molecule has 0 spiro atoms. The van der Waals surface area contributed by atoms with Crippen LogP contribution in [0.5, 0.6) is 0 Å². The first-order chi connectivity index (χ1) is 5.81. The van der Waals surface area contributed by atoms with Crippen LogP contribution < -0.4 is 0 Å². The topological polar surface area (TPSA) is 22.0 Å². The van der Waals surface area contributed by atoms with Gasteiger partial charge in [-0.2, -0.15) is 0 Å². The van der Waals surface area contributed by atoms with Crippen LogP contribution in [0.25, 0.3) is 0 Å². The van der Waals surface area contributed by atoms with E-state index in [1.165, 1.54) is 6.42 Å². The molecule has 1 saturated carbocycles. The average Bonchev–Trinajstić information content (AvgIpc) is 2.62. The monoisotopic (exact) mass is 163 g/mol. The largest absolute Gasteiger partial charge is 0.345 e. The molecule has 2 rings (SSSR count). The summed E-state index contributed by atoms with van der Waals surface area (Å²) >= 11 is 0. The Morgan fingerprint density at radius 3 is 3.08 bits per heavy atom. The Morgan fingerprint density at radius 1 is 1.75 bits per heavy atom. The number of carbonyl (C=O) groups excluding carboxylic acids is 1. The zero-order valence-corrected chi connectivity index (χ0v) is 7.23. The van der Waals surface area contributed by atoms with E-state index in [2.05, 4.69) is 6.92 Å². The Kier molecular flexibility index (Phi) is 1.75. The molecule has 1 aliphatic rings. The molecule has 1 fully saturated rings. The van der Waals surface area contributed by atoms with E-state index in [0.717, 1.165) is 30.4 Å². The fraction of sp³-hybridized carbons (Fsp3) is 0.500. The van der Waals surface area contributed by atoms with Gasteiger partial charge in [0.25, 0.3) is 0 Å². The third kappa shape index (κ3) is 1.29. The zero-order valence-electron chi connectivity index (χ0n) is 7.23. The van der Waals surface area contributed by atoms with Crippen LogP contribution in [-0.2, 0) is 6.54 Å². The minimum atomic E-state index is 0.800. The van der Waals surface area contributed by atoms with Gasteiger partial charge in [-0.05, 0) is 30.4 Å². The molecular weight excluding hydrogens is 150 g/mol. The molecule has 0 aliphatic heterocycles. The molecule has 2 atom stereocenters. The van der Waals surface area contributed by atoms with Gasteiger partial charge in [-0.15, -0.1) is 0 Å². The fourth-order valence-corrected chi connectivity index (χ4v) is 1.61. The molecule has 2 unspecified atom stereocenters. The summed E-state index contributed by atoms with van der Waals surface area (Å²) in [6, 6.07) is 3.79. The van der Waals surface area contributed by atoms with E-state index in [0.29, 0.717) is 0 Å². The van der Waals surface area contributed by atoms with Crippen LogP contribution in [0.3, 0.4) is 0 Å². The number of hydrogen-bond acceptors (Lipinski definition) is 1. The van der Waals surface area contributed by atoms with Crippen molar-refractivity contribution in [1.82, 2.24) is 4.57 Å². The van der Waals surface area contributed by atoms with Crippen molar-refractivity contribution in [3.63, 3.8) is 0 Å². The van der Waals surface area contributed by atoms with Gasteiger partial charge in [0.2, 0.25) is 0 Å². The summed E-state index contributed by atoms with van der Waals surface area (Å²) < 4.78 is 2.04. The van der Waals surface area contributed by atoms with Gasteiger partial charge >= 0.3 is 0 Å². The minimum absolute atomic E-state index is 0.800. The van der Waals surface area contributed by atoms with Gasteiger partial charge in [0, 0.05) is 12.7 Å². The van der Waals surface area contributed by atoms with Gasteiger partial charge in [-0.1, -0.05) is 6.92 Å². The van der Waals surface area contributed by atoms with E-state index in [9.17, 15) is 4.79 Å². The summed E-state index contributed by atoms with van der Waals surface area (Å²) in [5.41, 5.74) is 0.800. The first-order valence-electron chi connectivity index (χ1n) is 4.41. The number of carbonyl (C=O) groups is 1. The minimum Gasteiger partial charge on any atom is -0.345 e. The third-order valence-corrected chi connectivity index (χ3v) is 2.69. The molecule has 1 aromatic heterocycles. The quantitative estimate of drug-likeness (QED) is 0.624. The van der Waals surface area contributed by atoms with Crippen molar-refractivity contribution in [2.75, 3.05) is 0 Å². The van der Waals surface area contributed by atoms with E-state index in [1.807, 2.05) is 22.9 Å². The van der Waals surface area contributed by atoms with Crippen molar-refractivity contribution in [2.24, 2.45) is 11.8 Å². The van der Waals surface area contributed by atoms with Gasteiger partial charge in [-0.25, -0.2) is 0 Å². The molecule has 1 heterocycles. The number of aldehydes is 1. The van der Waals surface area contributed by atoms with E-state index in [4.69, 9.17) is 0 Å². The Labute approximate surface area is 72.2 Å². The van der Waals surface area contributed by atoms with Crippen LogP contribution in [0.1, 0.15) is 23.8 Å². The fourth-order valence-electron chi connectivity index (χ4n) is 1.61. The first-order valence-corrected chi connectivity index (χ1v) is 4.41. The molecular formula is C10H13NO. The van der Waals surface area contributed by atoms with Gasteiger partial charge < -0.3 is 4.57 Å². The lowest BCUT2D eigenvalue weighted by molar-refractivity contribution is 0.111. The standard InChI is InChI=1S/C10H13NO/c1-8-5-9(8)6-11-4-2-3-10(11)7-12/h2-4,7-9H,5-6H2,1H3. The summed E-state index contributed by atoms with van der Waals surface area (Å²) in [6.45, 7) is 3.27. The van der Waals surface area contributed by atoms with Crippen LogP contribution in [0.15, 0.2) is 18.3 Å². The van der Waals surface area contributed by atoms with Crippen molar-refractivity contribution < 1.29 is 4.79 Å². The molecule has 0 saturated heterocycles. The molecule has 1 aromatic rings. The summed E-state index contributed by atoms with van der Waals surface area (Å²) in [4.78, 5) is 10.6. The van der Waals surface area contributed by atoms with Crippen molar-refractivity contribution >= 4 is 6.29 Å². The zero-order chi connectivity index (χ0) is 8.55. The van der Waals surface area contributed by atoms with Crippen molar-refractivity contribution in [2.45, 2.75) is 19.9 Å². The Bertz CT molecular complexity index is 290. The predicted molar refractivity (Wildman–Crippen MR) is 47.1 cm³/mol. The maximum Gasteiger partial charge on any atom is 0.166 e. The maximum absolute atomic E-state index is 10.6. The summed E-state index contributed by atoms with van der Waals surface area (Å²) in [5.74, 6) is 1.66. The number of nitrogens with zero attached hydrogens (tertiary/aromatic N) is 1. The lowest BCUT2D eigenvalue weighted by Crippen LogP contribution is -2.02. The Balaban J connectivity index is 2.07. The number of rotatable bonds is 3. The SMILES string of the molecule is CC1CC1Cn1cccc1C=O. The Hall–Kier alpha value is -1.05. The van der Waals surface area contributed by atoms with Crippen LogP contribution >= 0.6 is 0 Å².